The van der Waals surface area contributed by atoms with E-state index in [9.17, 15) is 4.79 Å². The van der Waals surface area contributed by atoms with Crippen LogP contribution < -0.4 is 11.5 Å². The molecule has 1 aliphatic rings. The first-order valence-corrected chi connectivity index (χ1v) is 5.49. The lowest BCUT2D eigenvalue weighted by atomic mass is 10.2. The van der Waals surface area contributed by atoms with E-state index in [-0.39, 0.29) is 11.9 Å². The average molecular weight is 199 g/mol. The highest BCUT2D eigenvalue weighted by molar-refractivity contribution is 5.80. The molecule has 0 saturated carbocycles. The number of nitrogens with zero attached hydrogens (tertiary/aromatic N) is 1. The molecule has 0 aromatic carbocycles. The number of rotatable bonds is 6. The van der Waals surface area contributed by atoms with Gasteiger partial charge in [0.15, 0.2) is 0 Å². The van der Waals surface area contributed by atoms with Gasteiger partial charge < -0.3 is 11.5 Å². The smallest absolute Gasteiger partial charge is 0.234 e. The summed E-state index contributed by atoms with van der Waals surface area (Å²) in [5.74, 6) is -0.165. The maximum absolute atomic E-state index is 11.1. The fourth-order valence-electron chi connectivity index (χ4n) is 2.05. The predicted molar refractivity (Wildman–Crippen MR) is 56.7 cm³/mol. The monoisotopic (exact) mass is 199 g/mol. The molecule has 0 aromatic rings. The van der Waals surface area contributed by atoms with Crippen molar-refractivity contribution in [2.45, 2.75) is 38.1 Å². The van der Waals surface area contributed by atoms with Crippen LogP contribution in [0.4, 0.5) is 0 Å². The maximum atomic E-state index is 11.1. The minimum absolute atomic E-state index is 0.00660. The third-order valence-electron chi connectivity index (χ3n) is 2.84. The summed E-state index contributed by atoms with van der Waals surface area (Å²) in [5.41, 5.74) is 10.7. The Hall–Kier alpha value is -0.610. The van der Waals surface area contributed by atoms with Crippen molar-refractivity contribution < 1.29 is 4.79 Å². The van der Waals surface area contributed by atoms with Crippen LogP contribution >= 0.6 is 0 Å². The first-order valence-electron chi connectivity index (χ1n) is 5.49. The number of amides is 1. The largest absolute Gasteiger partial charge is 0.368 e. The van der Waals surface area contributed by atoms with Crippen LogP contribution in [0.15, 0.2) is 0 Å². The number of unbranched alkanes of at least 4 members (excludes halogenated alkanes) is 2. The molecule has 1 saturated heterocycles. The van der Waals surface area contributed by atoms with Crippen LogP contribution in [0.1, 0.15) is 32.1 Å². The van der Waals surface area contributed by atoms with Gasteiger partial charge in [0.1, 0.15) is 0 Å². The van der Waals surface area contributed by atoms with Gasteiger partial charge in [-0.15, -0.1) is 0 Å². The Labute approximate surface area is 85.6 Å². The highest BCUT2D eigenvalue weighted by Gasteiger charge is 2.27. The molecule has 1 rings (SSSR count). The second-order valence-corrected chi connectivity index (χ2v) is 3.95. The molecule has 0 spiro atoms. The van der Waals surface area contributed by atoms with Crippen LogP contribution in [0.2, 0.25) is 0 Å². The standard InChI is InChI=1S/C10H21N3O/c11-6-2-1-3-7-13-8-4-5-9(13)10(12)14/h9H,1-8,11H2,(H2,12,14). The lowest BCUT2D eigenvalue weighted by molar-refractivity contribution is -0.122. The molecule has 0 bridgehead atoms. The van der Waals surface area contributed by atoms with Crippen molar-refractivity contribution in [3.8, 4) is 0 Å². The van der Waals surface area contributed by atoms with Gasteiger partial charge in [-0.25, -0.2) is 0 Å². The fourth-order valence-corrected chi connectivity index (χ4v) is 2.05. The molecule has 4 heteroatoms. The zero-order valence-electron chi connectivity index (χ0n) is 8.74. The Balaban J connectivity index is 2.19. The summed E-state index contributed by atoms with van der Waals surface area (Å²) >= 11 is 0. The number of carbonyl (C=O) groups is 1. The van der Waals surface area contributed by atoms with E-state index < -0.39 is 0 Å². The van der Waals surface area contributed by atoms with E-state index in [0.29, 0.717) is 0 Å². The molecule has 4 N–H and O–H groups in total. The summed E-state index contributed by atoms with van der Waals surface area (Å²) in [6.45, 7) is 2.78. The number of likely N-dealkylation sites (tertiary alicyclic amines) is 1. The van der Waals surface area contributed by atoms with E-state index in [1.165, 1.54) is 0 Å². The molecule has 1 unspecified atom stereocenters. The Bertz CT molecular complexity index is 184. The molecular weight excluding hydrogens is 178 g/mol. The second-order valence-electron chi connectivity index (χ2n) is 3.95. The Morgan fingerprint density at radius 1 is 1.36 bits per heavy atom. The summed E-state index contributed by atoms with van der Waals surface area (Å²) in [4.78, 5) is 13.3. The third-order valence-corrected chi connectivity index (χ3v) is 2.84. The lowest BCUT2D eigenvalue weighted by Gasteiger charge is -2.21. The van der Waals surface area contributed by atoms with Gasteiger partial charge in [0.2, 0.25) is 5.91 Å². The topological polar surface area (TPSA) is 72.3 Å². The van der Waals surface area contributed by atoms with E-state index in [0.717, 1.165) is 51.7 Å². The van der Waals surface area contributed by atoms with Crippen molar-refractivity contribution in [1.82, 2.24) is 4.90 Å². The van der Waals surface area contributed by atoms with Crippen LogP contribution in [-0.4, -0.2) is 36.5 Å². The quantitative estimate of drug-likeness (QED) is 0.594. The number of carbonyl (C=O) groups excluding carboxylic acids is 1. The van der Waals surface area contributed by atoms with Crippen LogP contribution in [0.5, 0.6) is 0 Å². The van der Waals surface area contributed by atoms with Gasteiger partial charge in [-0.1, -0.05) is 6.42 Å². The van der Waals surface area contributed by atoms with Gasteiger partial charge in [0.25, 0.3) is 0 Å². The van der Waals surface area contributed by atoms with Crippen LogP contribution in [0.3, 0.4) is 0 Å². The molecule has 0 aliphatic carbocycles. The normalized spacial score (nSPS) is 22.8. The molecule has 1 atom stereocenters. The van der Waals surface area contributed by atoms with Crippen molar-refractivity contribution in [2.24, 2.45) is 11.5 Å². The summed E-state index contributed by atoms with van der Waals surface area (Å²) in [6, 6.07) is -0.00660. The fraction of sp³-hybridized carbons (Fsp3) is 0.900. The Kier molecular flexibility index (Phi) is 4.90. The summed E-state index contributed by atoms with van der Waals surface area (Å²) < 4.78 is 0. The second kappa shape index (κ2) is 5.98. The van der Waals surface area contributed by atoms with Gasteiger partial charge in [0.05, 0.1) is 6.04 Å². The molecule has 1 fully saturated rings. The molecule has 0 aromatic heterocycles. The highest BCUT2D eigenvalue weighted by Crippen LogP contribution is 2.17. The first kappa shape index (κ1) is 11.5. The van der Waals surface area contributed by atoms with E-state index in [2.05, 4.69) is 4.90 Å². The number of hydrogen-bond acceptors (Lipinski definition) is 3. The van der Waals surface area contributed by atoms with Crippen molar-refractivity contribution in [3.05, 3.63) is 0 Å². The van der Waals surface area contributed by atoms with Gasteiger partial charge >= 0.3 is 0 Å². The zero-order valence-corrected chi connectivity index (χ0v) is 8.74. The Morgan fingerprint density at radius 2 is 2.14 bits per heavy atom. The predicted octanol–water partition coefficient (Wildman–Crippen LogP) is 0.0651. The van der Waals surface area contributed by atoms with Crippen LogP contribution in [0, 0.1) is 0 Å². The summed E-state index contributed by atoms with van der Waals surface area (Å²) in [6.07, 6.45) is 5.39. The lowest BCUT2D eigenvalue weighted by Crippen LogP contribution is -2.40. The van der Waals surface area contributed by atoms with Gasteiger partial charge in [-0.05, 0) is 45.3 Å². The van der Waals surface area contributed by atoms with E-state index in [4.69, 9.17) is 11.5 Å². The maximum Gasteiger partial charge on any atom is 0.234 e. The van der Waals surface area contributed by atoms with Crippen molar-refractivity contribution in [1.29, 1.82) is 0 Å². The molecule has 1 aliphatic heterocycles. The molecular formula is C10H21N3O. The average Bonchev–Trinajstić information content (AvgIpc) is 2.60. The molecule has 1 amide bonds. The first-order chi connectivity index (χ1) is 6.75. The van der Waals surface area contributed by atoms with Crippen molar-refractivity contribution >= 4 is 5.91 Å². The van der Waals surface area contributed by atoms with Crippen LogP contribution in [-0.2, 0) is 4.79 Å². The summed E-state index contributed by atoms with van der Waals surface area (Å²) in [5, 5.41) is 0. The van der Waals surface area contributed by atoms with Gasteiger partial charge in [-0.2, -0.15) is 0 Å². The zero-order chi connectivity index (χ0) is 10.4. The SMILES string of the molecule is NCCCCCN1CCCC1C(N)=O. The molecule has 14 heavy (non-hydrogen) atoms. The van der Waals surface area contributed by atoms with Crippen molar-refractivity contribution in [2.75, 3.05) is 19.6 Å². The molecule has 1 heterocycles. The molecule has 82 valence electrons. The van der Waals surface area contributed by atoms with E-state index >= 15 is 0 Å². The van der Waals surface area contributed by atoms with Crippen LogP contribution in [0.25, 0.3) is 0 Å². The van der Waals surface area contributed by atoms with E-state index in [1.807, 2.05) is 0 Å². The van der Waals surface area contributed by atoms with E-state index in [1.54, 1.807) is 0 Å². The summed E-state index contributed by atoms with van der Waals surface area (Å²) in [7, 11) is 0. The van der Waals surface area contributed by atoms with Crippen molar-refractivity contribution in [3.63, 3.8) is 0 Å². The minimum Gasteiger partial charge on any atom is -0.368 e. The molecule has 4 nitrogen and oxygen atoms in total. The third kappa shape index (κ3) is 3.27. The minimum atomic E-state index is -0.165. The highest BCUT2D eigenvalue weighted by atomic mass is 16.1. The number of nitrogens with two attached hydrogens (primary N) is 2. The van der Waals surface area contributed by atoms with Gasteiger partial charge in [-0.3, -0.25) is 9.69 Å². The Morgan fingerprint density at radius 3 is 2.79 bits per heavy atom. The molecule has 0 radical (unpaired) electrons. The van der Waals surface area contributed by atoms with Gasteiger partial charge in [0, 0.05) is 0 Å². The number of hydrogen-bond donors (Lipinski definition) is 2. The number of primary amides is 1.